The Balaban J connectivity index is 2.21. The minimum atomic E-state index is -0.0726. The Labute approximate surface area is 141 Å². The molecule has 1 saturated heterocycles. The number of esters is 1. The van der Waals surface area contributed by atoms with Crippen LogP contribution in [-0.2, 0) is 9.53 Å². The van der Waals surface area contributed by atoms with Crippen molar-refractivity contribution in [1.82, 2.24) is 10.2 Å². The van der Waals surface area contributed by atoms with Crippen molar-refractivity contribution in [2.24, 2.45) is 10.4 Å². The number of hydrogen-bond donors (Lipinski definition) is 1. The number of hydrogen-bond acceptors (Lipinski definition) is 3. The second-order valence-electron chi connectivity index (χ2n) is 7.04. The van der Waals surface area contributed by atoms with Crippen molar-refractivity contribution in [2.45, 2.75) is 66.2 Å². The Hall–Kier alpha value is -1.26. The molecule has 1 fully saturated rings. The van der Waals surface area contributed by atoms with Gasteiger partial charge >= 0.3 is 5.97 Å². The lowest BCUT2D eigenvalue weighted by Crippen LogP contribution is -2.40. The van der Waals surface area contributed by atoms with Gasteiger partial charge in [0.1, 0.15) is 0 Å². The quantitative estimate of drug-likeness (QED) is 0.306. The fourth-order valence-electron chi connectivity index (χ4n) is 2.87. The summed E-state index contributed by atoms with van der Waals surface area (Å²) in [5.74, 6) is 0.987. The zero-order valence-electron chi connectivity index (χ0n) is 15.5. The fraction of sp³-hybridized carbons (Fsp3) is 0.889. The van der Waals surface area contributed by atoms with Gasteiger partial charge in [-0.05, 0) is 38.5 Å². The molecule has 1 aliphatic heterocycles. The molecule has 0 aromatic rings. The molecule has 0 unspecified atom stereocenters. The second kappa shape index (κ2) is 10.5. The molecule has 0 radical (unpaired) electrons. The molecular weight excluding hydrogens is 290 g/mol. The maximum absolute atomic E-state index is 11.2. The molecular formula is C18H35N3O2. The molecule has 23 heavy (non-hydrogen) atoms. The van der Waals surface area contributed by atoms with Crippen LogP contribution in [0.3, 0.4) is 0 Å². The summed E-state index contributed by atoms with van der Waals surface area (Å²) in [6.45, 7) is 13.0. The molecule has 0 spiro atoms. The lowest BCUT2D eigenvalue weighted by atomic mass is 9.93. The van der Waals surface area contributed by atoms with Crippen molar-refractivity contribution in [3.63, 3.8) is 0 Å². The summed E-state index contributed by atoms with van der Waals surface area (Å²) in [4.78, 5) is 18.4. The van der Waals surface area contributed by atoms with Crippen LogP contribution in [0, 0.1) is 5.41 Å². The van der Waals surface area contributed by atoms with Gasteiger partial charge in [0.05, 0.1) is 6.61 Å². The molecule has 134 valence electrons. The molecule has 0 amide bonds. The van der Waals surface area contributed by atoms with Gasteiger partial charge in [-0.15, -0.1) is 0 Å². The molecule has 1 heterocycles. The number of carbonyl (C=O) groups excluding carboxylic acids is 1. The summed E-state index contributed by atoms with van der Waals surface area (Å²) >= 11 is 0. The van der Waals surface area contributed by atoms with Crippen molar-refractivity contribution < 1.29 is 9.53 Å². The van der Waals surface area contributed by atoms with E-state index in [1.807, 2.05) is 6.92 Å². The Bertz CT molecular complexity index is 380. The number of rotatable bonds is 9. The zero-order valence-corrected chi connectivity index (χ0v) is 15.5. The molecule has 0 saturated carbocycles. The number of likely N-dealkylation sites (tertiary alicyclic amines) is 1. The van der Waals surface area contributed by atoms with Crippen molar-refractivity contribution in [2.75, 3.05) is 32.8 Å². The molecule has 1 N–H and O–H groups in total. The van der Waals surface area contributed by atoms with E-state index in [2.05, 4.69) is 31.0 Å². The first-order valence-corrected chi connectivity index (χ1v) is 9.17. The SMILES string of the molecule is CCNC(=NCCCCCCC(=O)OCC)N1CCC(C)(C)C1. The van der Waals surface area contributed by atoms with Gasteiger partial charge < -0.3 is 15.0 Å². The summed E-state index contributed by atoms with van der Waals surface area (Å²) in [5, 5.41) is 3.41. The molecule has 1 aliphatic rings. The topological polar surface area (TPSA) is 53.9 Å². The Kier molecular flexibility index (Phi) is 9.03. The molecule has 0 aromatic heterocycles. The van der Waals surface area contributed by atoms with Crippen LogP contribution < -0.4 is 5.32 Å². The van der Waals surface area contributed by atoms with Crippen LogP contribution in [0.15, 0.2) is 4.99 Å². The normalized spacial score (nSPS) is 17.4. The van der Waals surface area contributed by atoms with Crippen molar-refractivity contribution in [1.29, 1.82) is 0 Å². The van der Waals surface area contributed by atoms with E-state index in [1.54, 1.807) is 0 Å². The first kappa shape index (κ1) is 19.8. The van der Waals surface area contributed by atoms with Gasteiger partial charge in [0, 0.05) is 32.6 Å². The fourth-order valence-corrected chi connectivity index (χ4v) is 2.87. The predicted molar refractivity (Wildman–Crippen MR) is 95.7 cm³/mol. The number of aliphatic imine (C=N–C) groups is 1. The van der Waals surface area contributed by atoms with Crippen molar-refractivity contribution in [3.05, 3.63) is 0 Å². The van der Waals surface area contributed by atoms with Crippen LogP contribution >= 0.6 is 0 Å². The molecule has 5 nitrogen and oxygen atoms in total. The highest BCUT2D eigenvalue weighted by atomic mass is 16.5. The van der Waals surface area contributed by atoms with Gasteiger partial charge in [0.2, 0.25) is 0 Å². The standard InChI is InChI=1S/C18H35N3O2/c1-5-19-17(21-14-12-18(3,4)15-21)20-13-10-8-7-9-11-16(22)23-6-2/h5-15H2,1-4H3,(H,19,20). The molecule has 0 atom stereocenters. The number of guanidine groups is 1. The van der Waals surface area contributed by atoms with Crippen LogP contribution in [0.5, 0.6) is 0 Å². The van der Waals surface area contributed by atoms with Crippen LogP contribution in [0.2, 0.25) is 0 Å². The van der Waals surface area contributed by atoms with Gasteiger partial charge in [-0.2, -0.15) is 0 Å². The average Bonchev–Trinajstić information content (AvgIpc) is 2.85. The van der Waals surface area contributed by atoms with E-state index < -0.39 is 0 Å². The third-order valence-corrected chi connectivity index (χ3v) is 4.17. The van der Waals surface area contributed by atoms with Gasteiger partial charge in [-0.25, -0.2) is 0 Å². The summed E-state index contributed by atoms with van der Waals surface area (Å²) in [6, 6.07) is 0. The summed E-state index contributed by atoms with van der Waals surface area (Å²) in [6.07, 6.45) is 5.96. The minimum absolute atomic E-state index is 0.0726. The number of nitrogens with zero attached hydrogens (tertiary/aromatic N) is 2. The molecule has 1 rings (SSSR count). The Morgan fingerprint density at radius 3 is 2.57 bits per heavy atom. The largest absolute Gasteiger partial charge is 0.466 e. The third-order valence-electron chi connectivity index (χ3n) is 4.17. The third kappa shape index (κ3) is 8.24. The molecule has 0 aliphatic carbocycles. The lowest BCUT2D eigenvalue weighted by molar-refractivity contribution is -0.143. The smallest absolute Gasteiger partial charge is 0.305 e. The van der Waals surface area contributed by atoms with E-state index >= 15 is 0 Å². The van der Waals surface area contributed by atoms with E-state index in [9.17, 15) is 4.79 Å². The van der Waals surface area contributed by atoms with Crippen LogP contribution in [0.25, 0.3) is 0 Å². The lowest BCUT2D eigenvalue weighted by Gasteiger charge is -2.23. The Morgan fingerprint density at radius 1 is 1.22 bits per heavy atom. The molecule has 5 heteroatoms. The van der Waals surface area contributed by atoms with E-state index in [-0.39, 0.29) is 5.97 Å². The van der Waals surface area contributed by atoms with Gasteiger partial charge in [0.25, 0.3) is 0 Å². The maximum Gasteiger partial charge on any atom is 0.305 e. The van der Waals surface area contributed by atoms with Crippen molar-refractivity contribution in [3.8, 4) is 0 Å². The highest BCUT2D eigenvalue weighted by molar-refractivity contribution is 5.80. The first-order valence-electron chi connectivity index (χ1n) is 9.17. The summed E-state index contributed by atoms with van der Waals surface area (Å²) in [7, 11) is 0. The average molecular weight is 325 g/mol. The van der Waals surface area contributed by atoms with E-state index in [0.29, 0.717) is 18.4 Å². The highest BCUT2D eigenvalue weighted by Gasteiger charge is 2.30. The van der Waals surface area contributed by atoms with E-state index in [4.69, 9.17) is 9.73 Å². The monoisotopic (exact) mass is 325 g/mol. The Morgan fingerprint density at radius 2 is 1.96 bits per heavy atom. The first-order chi connectivity index (χ1) is 11.0. The van der Waals surface area contributed by atoms with E-state index in [1.165, 1.54) is 6.42 Å². The van der Waals surface area contributed by atoms with E-state index in [0.717, 1.165) is 57.8 Å². The van der Waals surface area contributed by atoms with Crippen molar-refractivity contribution >= 4 is 11.9 Å². The minimum Gasteiger partial charge on any atom is -0.466 e. The zero-order chi connectivity index (χ0) is 17.1. The van der Waals surface area contributed by atoms with Crippen LogP contribution in [0.4, 0.5) is 0 Å². The summed E-state index contributed by atoms with van der Waals surface area (Å²) < 4.78 is 4.93. The maximum atomic E-state index is 11.2. The van der Waals surface area contributed by atoms with Crippen LogP contribution in [-0.4, -0.2) is 49.6 Å². The number of carbonyl (C=O) groups is 1. The number of ether oxygens (including phenoxy) is 1. The number of nitrogens with one attached hydrogen (secondary N) is 1. The van der Waals surface area contributed by atoms with Gasteiger partial charge in [-0.3, -0.25) is 9.79 Å². The van der Waals surface area contributed by atoms with Gasteiger partial charge in [0.15, 0.2) is 5.96 Å². The summed E-state index contributed by atoms with van der Waals surface area (Å²) in [5.41, 5.74) is 0.392. The van der Waals surface area contributed by atoms with Gasteiger partial charge in [-0.1, -0.05) is 26.7 Å². The van der Waals surface area contributed by atoms with Crippen LogP contribution in [0.1, 0.15) is 66.2 Å². The molecule has 0 aromatic carbocycles. The number of unbranched alkanes of at least 4 members (excludes halogenated alkanes) is 3. The highest BCUT2D eigenvalue weighted by Crippen LogP contribution is 2.28. The second-order valence-corrected chi connectivity index (χ2v) is 7.04. The molecule has 0 bridgehead atoms. The predicted octanol–water partition coefficient (Wildman–Crippen LogP) is 3.20.